The number of halogens is 8. The minimum absolute atomic E-state index is 0.201. The van der Waals surface area contributed by atoms with Crippen molar-refractivity contribution < 1.29 is 39.5 Å². The van der Waals surface area contributed by atoms with Gasteiger partial charge in [0.2, 0.25) is 0 Å². The van der Waals surface area contributed by atoms with E-state index in [1.165, 1.54) is 18.2 Å². The molecule has 0 aromatic heterocycles. The van der Waals surface area contributed by atoms with Crippen LogP contribution in [-0.2, 0) is 22.4 Å². The van der Waals surface area contributed by atoms with Crippen molar-refractivity contribution in [1.29, 1.82) is 0 Å². The third kappa shape index (κ3) is 7.49. The lowest BCUT2D eigenvalue weighted by Crippen LogP contribution is -2.23. The molecule has 216 valence electrons. The number of alkyl halides is 6. The Bertz CT molecular complexity index is 1500. The van der Waals surface area contributed by atoms with Gasteiger partial charge in [0, 0.05) is 39.0 Å². The fourth-order valence-electron chi connectivity index (χ4n) is 4.00. The quantitative estimate of drug-likeness (QED) is 0.264. The molecule has 1 aliphatic rings. The van der Waals surface area contributed by atoms with E-state index < -0.39 is 50.3 Å². The molecule has 40 heavy (non-hydrogen) atoms. The number of likely N-dealkylation sites (tertiary alicyclic amines) is 1. The zero-order valence-electron chi connectivity index (χ0n) is 20.4. The van der Waals surface area contributed by atoms with Crippen LogP contribution in [-0.4, -0.2) is 39.6 Å². The molecule has 1 atom stereocenters. The Morgan fingerprint density at radius 1 is 0.925 bits per heavy atom. The summed E-state index contributed by atoms with van der Waals surface area (Å²) < 4.78 is 116. The highest BCUT2D eigenvalue weighted by atomic mass is 35.5. The number of benzene rings is 3. The average Bonchev–Trinajstić information content (AvgIpc) is 3.21. The lowest BCUT2D eigenvalue weighted by Gasteiger charge is -2.20. The highest BCUT2D eigenvalue weighted by Crippen LogP contribution is 2.42. The summed E-state index contributed by atoms with van der Waals surface area (Å²) in [6, 6.07) is 8.99. The molecule has 0 saturated carbocycles. The Balaban J connectivity index is 1.65. The first-order valence-corrected chi connectivity index (χ1v) is 14.5. The Kier molecular flexibility index (Phi) is 8.82. The molecule has 3 aromatic carbocycles. The predicted molar refractivity (Wildman–Crippen MR) is 141 cm³/mol. The maximum absolute atomic E-state index is 13.9. The number of likely N-dealkylation sites (N-methyl/N-ethyl adjacent to an activating group) is 1. The molecule has 0 radical (unpaired) electrons. The summed E-state index contributed by atoms with van der Waals surface area (Å²) in [7, 11) is -2.87. The minimum Gasteiger partial charge on any atom is -0.488 e. The first-order valence-electron chi connectivity index (χ1n) is 11.5. The second-order valence-corrected chi connectivity index (χ2v) is 12.6. The minimum atomic E-state index is -4.93. The van der Waals surface area contributed by atoms with Gasteiger partial charge in [-0.1, -0.05) is 35.0 Å². The summed E-state index contributed by atoms with van der Waals surface area (Å²) in [5, 5.41) is 0.401. The number of nitrogens with zero attached hydrogens (tertiary/aromatic N) is 1. The van der Waals surface area contributed by atoms with Crippen LogP contribution in [0.1, 0.15) is 17.5 Å². The lowest BCUT2D eigenvalue weighted by atomic mass is 10.1. The summed E-state index contributed by atoms with van der Waals surface area (Å²) in [5.74, 6) is -0.587. The van der Waals surface area contributed by atoms with E-state index >= 15 is 0 Å². The van der Waals surface area contributed by atoms with Crippen LogP contribution in [0.3, 0.4) is 0 Å². The second-order valence-electron chi connectivity index (χ2n) is 8.97. The third-order valence-electron chi connectivity index (χ3n) is 5.81. The van der Waals surface area contributed by atoms with Crippen LogP contribution in [0.5, 0.6) is 5.75 Å². The van der Waals surface area contributed by atoms with Crippen molar-refractivity contribution in [3.63, 3.8) is 0 Å². The summed E-state index contributed by atoms with van der Waals surface area (Å²) in [4.78, 5) is 1.11. The first-order chi connectivity index (χ1) is 18.5. The molecule has 1 saturated heterocycles. The van der Waals surface area contributed by atoms with Gasteiger partial charge < -0.3 is 9.64 Å². The van der Waals surface area contributed by atoms with Gasteiger partial charge in [0.25, 0.3) is 10.0 Å². The maximum Gasteiger partial charge on any atom is 0.419 e. The third-order valence-corrected chi connectivity index (χ3v) is 8.67. The molecule has 0 aliphatic carbocycles. The molecule has 0 amide bonds. The molecule has 0 spiro atoms. The highest BCUT2D eigenvalue weighted by Gasteiger charge is 2.37. The smallest absolute Gasteiger partial charge is 0.419 e. The van der Waals surface area contributed by atoms with E-state index in [9.17, 15) is 34.8 Å². The van der Waals surface area contributed by atoms with Crippen LogP contribution >= 0.6 is 35.0 Å². The normalized spacial score (nSPS) is 16.8. The van der Waals surface area contributed by atoms with Gasteiger partial charge in [-0.05, 0) is 62.0 Å². The van der Waals surface area contributed by atoms with Crippen molar-refractivity contribution in [3.05, 3.63) is 75.8 Å². The van der Waals surface area contributed by atoms with E-state index in [2.05, 4.69) is 4.72 Å². The van der Waals surface area contributed by atoms with Crippen LogP contribution in [0.4, 0.5) is 32.0 Å². The number of anilines is 1. The van der Waals surface area contributed by atoms with Crippen LogP contribution in [0, 0.1) is 0 Å². The van der Waals surface area contributed by atoms with Crippen molar-refractivity contribution >= 4 is 50.7 Å². The Morgan fingerprint density at radius 2 is 1.57 bits per heavy atom. The first kappa shape index (κ1) is 30.6. The van der Waals surface area contributed by atoms with Gasteiger partial charge in [-0.15, -0.1) is 0 Å². The largest absolute Gasteiger partial charge is 0.488 e. The van der Waals surface area contributed by atoms with Crippen molar-refractivity contribution in [3.8, 4) is 5.75 Å². The average molecular weight is 645 g/mol. The van der Waals surface area contributed by atoms with Gasteiger partial charge in [0.1, 0.15) is 11.9 Å². The molecular formula is C25H20Cl2F6N2O3S2. The van der Waals surface area contributed by atoms with Gasteiger partial charge in [0.15, 0.2) is 0 Å². The molecule has 1 fully saturated rings. The lowest BCUT2D eigenvalue weighted by molar-refractivity contribution is -0.140. The van der Waals surface area contributed by atoms with E-state index in [1.54, 1.807) is 7.05 Å². The SMILES string of the molecule is CN1CC[C@@H](Oc2cc(NS(=O)(=O)c3ccc(Sc4cc(Cl)cc(Cl)c4)c(C(F)(F)F)c3)ccc2C(F)(F)F)C1. The molecule has 1 heterocycles. The number of hydrogen-bond donors (Lipinski definition) is 1. The van der Waals surface area contributed by atoms with Gasteiger partial charge in [-0.2, -0.15) is 26.3 Å². The van der Waals surface area contributed by atoms with Gasteiger partial charge in [-0.3, -0.25) is 4.72 Å². The fourth-order valence-corrected chi connectivity index (χ4v) is 6.78. The standard InChI is InChI=1S/C25H20Cl2F6N2O3S2/c1-35-7-6-17(13-35)38-22-11-16(2-4-20(22)24(28,29)30)34-40(36,37)19-3-5-23(21(12-19)25(31,32)33)39-18-9-14(26)8-15(27)10-18/h2-5,8-12,17,34H,6-7,13H2,1H3/t17-/m1/s1. The van der Waals surface area contributed by atoms with Crippen LogP contribution in [0.25, 0.3) is 0 Å². The Morgan fingerprint density at radius 3 is 2.15 bits per heavy atom. The van der Waals surface area contributed by atoms with E-state index in [1.807, 2.05) is 4.90 Å². The van der Waals surface area contributed by atoms with Crippen LogP contribution < -0.4 is 9.46 Å². The topological polar surface area (TPSA) is 58.6 Å². The van der Waals surface area contributed by atoms with Crippen molar-refractivity contribution in [1.82, 2.24) is 4.90 Å². The predicted octanol–water partition coefficient (Wildman–Crippen LogP) is 8.07. The highest BCUT2D eigenvalue weighted by molar-refractivity contribution is 7.99. The van der Waals surface area contributed by atoms with E-state index in [0.29, 0.717) is 48.3 Å². The maximum atomic E-state index is 13.9. The molecule has 3 aromatic rings. The zero-order chi connectivity index (χ0) is 29.5. The van der Waals surface area contributed by atoms with Crippen molar-refractivity contribution in [2.75, 3.05) is 24.9 Å². The molecule has 4 rings (SSSR count). The molecular weight excluding hydrogens is 625 g/mol. The van der Waals surface area contributed by atoms with Crippen LogP contribution in [0.15, 0.2) is 69.3 Å². The second kappa shape index (κ2) is 11.5. The fraction of sp³-hybridized carbons (Fsp3) is 0.280. The zero-order valence-corrected chi connectivity index (χ0v) is 23.6. The molecule has 5 nitrogen and oxygen atoms in total. The van der Waals surface area contributed by atoms with Crippen molar-refractivity contribution in [2.45, 2.75) is 39.6 Å². The van der Waals surface area contributed by atoms with E-state index in [-0.39, 0.29) is 20.6 Å². The number of sulfonamides is 1. The number of hydrogen-bond acceptors (Lipinski definition) is 5. The molecule has 15 heteroatoms. The van der Waals surface area contributed by atoms with Crippen LogP contribution in [0.2, 0.25) is 10.0 Å². The van der Waals surface area contributed by atoms with E-state index in [4.69, 9.17) is 27.9 Å². The summed E-state index contributed by atoms with van der Waals surface area (Å²) >= 11 is 12.5. The summed E-state index contributed by atoms with van der Waals surface area (Å²) in [6.07, 6.45) is -9.79. The summed E-state index contributed by atoms with van der Waals surface area (Å²) in [5.41, 5.74) is -2.65. The Labute approximate surface area is 240 Å². The summed E-state index contributed by atoms with van der Waals surface area (Å²) in [6.45, 7) is 0.984. The van der Waals surface area contributed by atoms with Crippen molar-refractivity contribution in [2.24, 2.45) is 0 Å². The number of nitrogens with one attached hydrogen (secondary N) is 1. The molecule has 1 aliphatic heterocycles. The molecule has 1 N–H and O–H groups in total. The van der Waals surface area contributed by atoms with Gasteiger partial charge in [0.05, 0.1) is 21.7 Å². The number of rotatable bonds is 7. The Hall–Kier alpha value is -2.32. The van der Waals surface area contributed by atoms with Gasteiger partial charge in [-0.25, -0.2) is 8.42 Å². The van der Waals surface area contributed by atoms with Gasteiger partial charge >= 0.3 is 12.4 Å². The molecule has 0 bridgehead atoms. The monoisotopic (exact) mass is 644 g/mol. The number of ether oxygens (including phenoxy) is 1. The van der Waals surface area contributed by atoms with E-state index in [0.717, 1.165) is 24.3 Å². The molecule has 0 unspecified atom stereocenters.